The number of nitro groups is 1. The number of hydrogen-bond acceptors (Lipinski definition) is 9. The number of benzene rings is 4. The van der Waals surface area contributed by atoms with Gasteiger partial charge in [0.2, 0.25) is 5.88 Å². The Hall–Kier alpha value is -6.08. The molecule has 1 heterocycles. The lowest BCUT2D eigenvalue weighted by Crippen LogP contribution is -1.99. The minimum atomic E-state index is -0.448. The van der Waals surface area contributed by atoms with E-state index in [2.05, 4.69) is 11.1 Å². The molecule has 0 saturated heterocycles. The van der Waals surface area contributed by atoms with Crippen LogP contribution < -0.4 is 18.9 Å². The van der Waals surface area contributed by atoms with Crippen molar-refractivity contribution in [1.82, 2.24) is 0 Å². The average molecular weight is 590 g/mol. The van der Waals surface area contributed by atoms with Gasteiger partial charge in [-0.15, -0.1) is 0 Å². The molecule has 44 heavy (non-hydrogen) atoms. The summed E-state index contributed by atoms with van der Waals surface area (Å²) in [6, 6.07) is 28.4. The Morgan fingerprint density at radius 2 is 1.48 bits per heavy atom. The average Bonchev–Trinajstić information content (AvgIpc) is 3.45. The zero-order chi connectivity index (χ0) is 31.1. The van der Waals surface area contributed by atoms with Crippen LogP contribution in [0.5, 0.6) is 23.0 Å². The van der Waals surface area contributed by atoms with Crippen LogP contribution in [0.4, 0.5) is 11.6 Å². The highest BCUT2D eigenvalue weighted by Gasteiger charge is 2.23. The number of ether oxygens (including phenoxy) is 4. The Morgan fingerprint density at radius 3 is 2.05 bits per heavy atom. The zero-order valence-electron chi connectivity index (χ0n) is 24.1. The minimum Gasteiger partial charge on any atom is -0.497 e. The van der Waals surface area contributed by atoms with E-state index >= 15 is 0 Å². The molecule has 0 aliphatic rings. The summed E-state index contributed by atoms with van der Waals surface area (Å²) in [5.74, 6) is 2.99. The Kier molecular flexibility index (Phi) is 8.87. The van der Waals surface area contributed by atoms with Crippen LogP contribution in [0.1, 0.15) is 16.7 Å². The van der Waals surface area contributed by atoms with E-state index in [1.165, 1.54) is 19.2 Å². The molecule has 0 saturated carbocycles. The lowest BCUT2D eigenvalue weighted by Gasteiger charge is -2.11. The van der Waals surface area contributed by atoms with E-state index < -0.39 is 4.92 Å². The Morgan fingerprint density at radius 1 is 0.841 bits per heavy atom. The third kappa shape index (κ3) is 6.37. The van der Waals surface area contributed by atoms with Crippen LogP contribution in [0.25, 0.3) is 22.5 Å². The summed E-state index contributed by atoms with van der Waals surface area (Å²) in [7, 11) is 4.71. The molecule has 5 rings (SSSR count). The highest BCUT2D eigenvalue weighted by atomic mass is 16.6. The van der Waals surface area contributed by atoms with Gasteiger partial charge < -0.3 is 23.4 Å². The van der Waals surface area contributed by atoms with E-state index in [1.54, 1.807) is 50.8 Å². The zero-order valence-corrected chi connectivity index (χ0v) is 24.1. The second kappa shape index (κ2) is 13.3. The first-order valence-corrected chi connectivity index (χ1v) is 13.4. The van der Waals surface area contributed by atoms with E-state index in [9.17, 15) is 15.4 Å². The first-order valence-electron chi connectivity index (χ1n) is 13.4. The molecule has 0 fully saturated rings. The smallest absolute Gasteiger partial charge is 0.269 e. The standard InChI is InChI=1S/C34H27N3O7/c1-40-27-13-7-24(8-14-27)32-29(19-35)34(44-33(32)25-9-15-28(41-2)16-10-25)36-20-23-6-17-30(31(18-23)42-3)43-21-22-4-11-26(12-5-22)37(38)39/h4-18,20H,21H2,1-3H3. The molecular formula is C34H27N3O7. The van der Waals surface area contributed by atoms with Crippen molar-refractivity contribution in [3.8, 4) is 51.5 Å². The van der Waals surface area contributed by atoms with Crippen molar-refractivity contribution < 1.29 is 28.3 Å². The third-order valence-corrected chi connectivity index (χ3v) is 6.79. The molecule has 5 aromatic rings. The highest BCUT2D eigenvalue weighted by molar-refractivity contribution is 5.90. The summed E-state index contributed by atoms with van der Waals surface area (Å²) in [5.41, 5.74) is 3.89. The van der Waals surface area contributed by atoms with Crippen LogP contribution in [-0.4, -0.2) is 32.5 Å². The molecule has 10 nitrogen and oxygen atoms in total. The van der Waals surface area contributed by atoms with Crippen molar-refractivity contribution in [2.45, 2.75) is 6.61 Å². The minimum absolute atomic E-state index is 0.0123. The number of nitrogens with zero attached hydrogens (tertiary/aromatic N) is 3. The molecule has 0 spiro atoms. The van der Waals surface area contributed by atoms with E-state index in [0.717, 1.165) is 16.7 Å². The molecule has 0 radical (unpaired) electrons. The SMILES string of the molecule is COc1ccc(-c2oc(N=Cc3ccc(OCc4ccc([N+](=O)[O-])cc4)c(OC)c3)c(C#N)c2-c2ccc(OC)cc2)cc1. The van der Waals surface area contributed by atoms with Gasteiger partial charge in [0.15, 0.2) is 11.5 Å². The largest absolute Gasteiger partial charge is 0.497 e. The summed E-state index contributed by atoms with van der Waals surface area (Å²) in [4.78, 5) is 15.0. The van der Waals surface area contributed by atoms with Crippen molar-refractivity contribution >= 4 is 17.8 Å². The molecule has 0 amide bonds. The fourth-order valence-corrected chi connectivity index (χ4v) is 4.48. The molecule has 0 aliphatic carbocycles. The predicted molar refractivity (Wildman–Crippen MR) is 165 cm³/mol. The molecule has 0 bridgehead atoms. The number of aliphatic imine (C=N–C) groups is 1. The monoisotopic (exact) mass is 589 g/mol. The lowest BCUT2D eigenvalue weighted by atomic mass is 9.98. The van der Waals surface area contributed by atoms with E-state index in [0.29, 0.717) is 39.9 Å². The molecular weight excluding hydrogens is 562 g/mol. The van der Waals surface area contributed by atoms with Gasteiger partial charge in [0.25, 0.3) is 5.69 Å². The number of nitriles is 1. The van der Waals surface area contributed by atoms with Crippen LogP contribution in [0.2, 0.25) is 0 Å². The van der Waals surface area contributed by atoms with Crippen LogP contribution in [0.15, 0.2) is 100 Å². The summed E-state index contributed by atoms with van der Waals surface area (Å²) < 4.78 is 28.3. The highest BCUT2D eigenvalue weighted by Crippen LogP contribution is 2.43. The third-order valence-electron chi connectivity index (χ3n) is 6.79. The van der Waals surface area contributed by atoms with Gasteiger partial charge in [0, 0.05) is 29.5 Å². The predicted octanol–water partition coefficient (Wildman–Crippen LogP) is 7.75. The van der Waals surface area contributed by atoms with Gasteiger partial charge in [-0.1, -0.05) is 12.1 Å². The normalized spacial score (nSPS) is 10.8. The van der Waals surface area contributed by atoms with Crippen molar-refractivity contribution in [2.24, 2.45) is 4.99 Å². The fourth-order valence-electron chi connectivity index (χ4n) is 4.48. The van der Waals surface area contributed by atoms with Gasteiger partial charge in [-0.3, -0.25) is 10.1 Å². The van der Waals surface area contributed by atoms with Crippen LogP contribution in [-0.2, 0) is 6.61 Å². The molecule has 0 atom stereocenters. The Balaban J connectivity index is 1.45. The second-order valence-electron chi connectivity index (χ2n) is 9.44. The maximum absolute atomic E-state index is 10.9. The molecule has 1 aromatic heterocycles. The molecule has 4 aromatic carbocycles. The van der Waals surface area contributed by atoms with Crippen LogP contribution in [0.3, 0.4) is 0 Å². The van der Waals surface area contributed by atoms with E-state index in [1.807, 2.05) is 48.5 Å². The number of furan rings is 1. The van der Waals surface area contributed by atoms with Crippen molar-refractivity contribution in [3.05, 3.63) is 118 Å². The van der Waals surface area contributed by atoms with Crippen molar-refractivity contribution in [2.75, 3.05) is 21.3 Å². The van der Waals surface area contributed by atoms with Gasteiger partial charge in [-0.25, -0.2) is 4.99 Å². The summed E-state index contributed by atoms with van der Waals surface area (Å²) in [6.07, 6.45) is 1.58. The summed E-state index contributed by atoms with van der Waals surface area (Å²) in [6.45, 7) is 0.196. The van der Waals surface area contributed by atoms with Gasteiger partial charge in [-0.05, 0) is 83.4 Å². The Labute approximate surface area is 253 Å². The quantitative estimate of drug-likeness (QED) is 0.0868. The summed E-state index contributed by atoms with van der Waals surface area (Å²) in [5, 5.41) is 21.1. The van der Waals surface area contributed by atoms with Gasteiger partial charge >= 0.3 is 0 Å². The van der Waals surface area contributed by atoms with Crippen LogP contribution in [0, 0.1) is 21.4 Å². The van der Waals surface area contributed by atoms with Crippen LogP contribution >= 0.6 is 0 Å². The second-order valence-corrected chi connectivity index (χ2v) is 9.44. The van der Waals surface area contributed by atoms with Gasteiger partial charge in [-0.2, -0.15) is 5.26 Å². The Bertz CT molecular complexity index is 1840. The van der Waals surface area contributed by atoms with E-state index in [4.69, 9.17) is 23.4 Å². The van der Waals surface area contributed by atoms with Gasteiger partial charge in [0.05, 0.1) is 26.3 Å². The first-order chi connectivity index (χ1) is 21.4. The number of non-ortho nitro benzene ring substituents is 1. The summed E-state index contributed by atoms with van der Waals surface area (Å²) >= 11 is 0. The molecule has 10 heteroatoms. The van der Waals surface area contributed by atoms with Crippen molar-refractivity contribution in [1.29, 1.82) is 5.26 Å². The molecule has 0 unspecified atom stereocenters. The van der Waals surface area contributed by atoms with Gasteiger partial charge in [0.1, 0.15) is 35.5 Å². The fraction of sp³-hybridized carbons (Fsp3) is 0.118. The number of rotatable bonds is 11. The first kappa shape index (κ1) is 29.4. The number of methoxy groups -OCH3 is 3. The topological polar surface area (TPSA) is 129 Å². The number of nitro benzene ring substituents is 1. The number of hydrogen-bond donors (Lipinski definition) is 0. The molecule has 0 N–H and O–H groups in total. The van der Waals surface area contributed by atoms with Crippen molar-refractivity contribution in [3.63, 3.8) is 0 Å². The van der Waals surface area contributed by atoms with E-state index in [-0.39, 0.29) is 23.7 Å². The maximum Gasteiger partial charge on any atom is 0.269 e. The molecule has 0 aliphatic heterocycles. The lowest BCUT2D eigenvalue weighted by molar-refractivity contribution is -0.384. The maximum atomic E-state index is 10.9. The molecule has 220 valence electrons.